The second-order valence-electron chi connectivity index (χ2n) is 5.64. The maximum Gasteiger partial charge on any atom is 0.177 e. The van der Waals surface area contributed by atoms with Crippen LogP contribution in [0, 0.1) is 5.92 Å². The number of piperidine rings is 1. The number of hydrogen-bond donors (Lipinski definition) is 1. The third-order valence-electron chi connectivity index (χ3n) is 4.31. The lowest BCUT2D eigenvalue weighted by Crippen LogP contribution is -2.41. The molecule has 0 spiro atoms. The summed E-state index contributed by atoms with van der Waals surface area (Å²) in [4.78, 5) is 2.65. The zero-order chi connectivity index (χ0) is 14.8. The van der Waals surface area contributed by atoms with Gasteiger partial charge in [0.25, 0.3) is 0 Å². The van der Waals surface area contributed by atoms with Gasteiger partial charge in [-0.1, -0.05) is 12.1 Å². The summed E-state index contributed by atoms with van der Waals surface area (Å²) in [5.74, 6) is 0.668. The quantitative estimate of drug-likeness (QED) is 0.922. The number of hydrogen-bond acceptors (Lipinski definition) is 4. The van der Waals surface area contributed by atoms with Crippen LogP contribution < -0.4 is 10.2 Å². The highest BCUT2D eigenvalue weighted by atomic mass is 32.2. The Bertz CT molecular complexity index is 549. The Morgan fingerprint density at radius 3 is 2.40 bits per heavy atom. The maximum absolute atomic E-state index is 11.9. The summed E-state index contributed by atoms with van der Waals surface area (Å²) in [6, 6.07) is 7.83. The van der Waals surface area contributed by atoms with Crippen molar-refractivity contribution in [3.63, 3.8) is 0 Å². The summed E-state index contributed by atoms with van der Waals surface area (Å²) in [5, 5.41) is 3.31. The minimum absolute atomic E-state index is 0.445. The summed E-state index contributed by atoms with van der Waals surface area (Å²) in [6.45, 7) is 4.05. The smallest absolute Gasteiger partial charge is 0.177 e. The zero-order valence-electron chi connectivity index (χ0n) is 12.5. The fourth-order valence-electron chi connectivity index (χ4n) is 2.91. The summed E-state index contributed by atoms with van der Waals surface area (Å²) in [5.41, 5.74) is 0.852. The van der Waals surface area contributed by atoms with Crippen molar-refractivity contribution >= 4 is 15.5 Å². The van der Waals surface area contributed by atoms with Crippen LogP contribution in [0.3, 0.4) is 0 Å². The van der Waals surface area contributed by atoms with E-state index in [4.69, 9.17) is 0 Å². The lowest BCUT2D eigenvalue weighted by molar-refractivity contribution is 0.323. The normalized spacial score (nSPS) is 19.1. The molecule has 1 aliphatic heterocycles. The van der Waals surface area contributed by atoms with Crippen molar-refractivity contribution in [3.05, 3.63) is 24.3 Å². The van der Waals surface area contributed by atoms with E-state index in [1.807, 2.05) is 19.2 Å². The molecule has 0 aliphatic carbocycles. The Kier molecular flexibility index (Phi) is 4.70. The Hall–Kier alpha value is -1.07. The van der Waals surface area contributed by atoms with E-state index in [9.17, 15) is 8.42 Å². The third-order valence-corrected chi connectivity index (χ3v) is 5.45. The van der Waals surface area contributed by atoms with E-state index in [0.717, 1.165) is 31.6 Å². The molecule has 4 nitrogen and oxygen atoms in total. The molecular weight excluding hydrogens is 272 g/mol. The molecule has 5 heteroatoms. The number of para-hydroxylation sites is 1. The van der Waals surface area contributed by atoms with Crippen LogP contribution in [0.25, 0.3) is 0 Å². The van der Waals surface area contributed by atoms with Gasteiger partial charge in [0.1, 0.15) is 0 Å². The molecule has 1 N–H and O–H groups in total. The van der Waals surface area contributed by atoms with Crippen LogP contribution >= 0.6 is 0 Å². The SMILES string of the molecule is CNC(C)C1CCN(c2ccccc2S(C)(=O)=O)CC1. The van der Waals surface area contributed by atoms with Crippen molar-refractivity contribution in [1.29, 1.82) is 0 Å². The number of nitrogens with one attached hydrogen (secondary N) is 1. The maximum atomic E-state index is 11.9. The first-order chi connectivity index (χ1) is 9.43. The van der Waals surface area contributed by atoms with Crippen molar-refractivity contribution in [3.8, 4) is 0 Å². The van der Waals surface area contributed by atoms with Crippen molar-refractivity contribution in [2.45, 2.75) is 30.7 Å². The van der Waals surface area contributed by atoms with Gasteiger partial charge < -0.3 is 10.2 Å². The van der Waals surface area contributed by atoms with Gasteiger partial charge in [-0.05, 0) is 44.9 Å². The second kappa shape index (κ2) is 6.14. The fraction of sp³-hybridized carbons (Fsp3) is 0.600. The van der Waals surface area contributed by atoms with Crippen LogP contribution in [0.4, 0.5) is 5.69 Å². The van der Waals surface area contributed by atoms with Crippen molar-refractivity contribution in [2.75, 3.05) is 31.3 Å². The average Bonchev–Trinajstić information content (AvgIpc) is 2.46. The van der Waals surface area contributed by atoms with Gasteiger partial charge in [0.05, 0.1) is 10.6 Å². The Balaban J connectivity index is 2.16. The first-order valence-corrected chi connectivity index (χ1v) is 9.04. The molecule has 1 heterocycles. The molecule has 0 aromatic heterocycles. The highest BCUT2D eigenvalue weighted by molar-refractivity contribution is 7.90. The van der Waals surface area contributed by atoms with E-state index >= 15 is 0 Å². The monoisotopic (exact) mass is 296 g/mol. The number of anilines is 1. The van der Waals surface area contributed by atoms with Crippen LogP contribution in [0.2, 0.25) is 0 Å². The zero-order valence-corrected chi connectivity index (χ0v) is 13.3. The van der Waals surface area contributed by atoms with Gasteiger partial charge in [0, 0.05) is 25.4 Å². The number of nitrogens with zero attached hydrogens (tertiary/aromatic N) is 1. The summed E-state index contributed by atoms with van der Waals surface area (Å²) < 4.78 is 23.8. The van der Waals surface area contributed by atoms with Crippen LogP contribution in [0.15, 0.2) is 29.2 Å². The van der Waals surface area contributed by atoms with Crippen molar-refractivity contribution in [1.82, 2.24) is 5.32 Å². The fourth-order valence-corrected chi connectivity index (χ4v) is 3.81. The summed E-state index contributed by atoms with van der Waals surface area (Å²) in [6.07, 6.45) is 3.47. The van der Waals surface area contributed by atoms with E-state index in [0.29, 0.717) is 16.9 Å². The molecule has 1 fully saturated rings. The minimum atomic E-state index is -3.17. The molecule has 1 atom stereocenters. The van der Waals surface area contributed by atoms with E-state index in [1.165, 1.54) is 6.26 Å². The van der Waals surface area contributed by atoms with Gasteiger partial charge in [-0.25, -0.2) is 8.42 Å². The molecule has 1 aliphatic rings. The highest BCUT2D eigenvalue weighted by Gasteiger charge is 2.25. The molecule has 112 valence electrons. The first-order valence-electron chi connectivity index (χ1n) is 7.14. The van der Waals surface area contributed by atoms with Gasteiger partial charge in [-0.2, -0.15) is 0 Å². The topological polar surface area (TPSA) is 49.4 Å². The van der Waals surface area contributed by atoms with E-state index in [-0.39, 0.29) is 0 Å². The van der Waals surface area contributed by atoms with Crippen LogP contribution in [0.1, 0.15) is 19.8 Å². The van der Waals surface area contributed by atoms with Crippen molar-refractivity contribution < 1.29 is 8.42 Å². The Morgan fingerprint density at radius 1 is 1.25 bits per heavy atom. The Labute approximate surface area is 122 Å². The van der Waals surface area contributed by atoms with Gasteiger partial charge in [-0.3, -0.25) is 0 Å². The minimum Gasteiger partial charge on any atom is -0.370 e. The molecule has 0 saturated carbocycles. The molecule has 20 heavy (non-hydrogen) atoms. The van der Waals surface area contributed by atoms with Crippen molar-refractivity contribution in [2.24, 2.45) is 5.92 Å². The predicted molar refractivity (Wildman–Crippen MR) is 83.0 cm³/mol. The second-order valence-corrected chi connectivity index (χ2v) is 7.63. The molecule has 1 aromatic rings. The first kappa shape index (κ1) is 15.3. The van der Waals surface area contributed by atoms with E-state index in [2.05, 4.69) is 17.1 Å². The van der Waals surface area contributed by atoms with Crippen LogP contribution in [-0.2, 0) is 9.84 Å². The van der Waals surface area contributed by atoms with Gasteiger partial charge in [0.2, 0.25) is 0 Å². The highest BCUT2D eigenvalue weighted by Crippen LogP contribution is 2.30. The van der Waals surface area contributed by atoms with E-state index < -0.39 is 9.84 Å². The largest absolute Gasteiger partial charge is 0.370 e. The summed E-state index contributed by atoms with van der Waals surface area (Å²) in [7, 11) is -1.18. The number of sulfone groups is 1. The standard InChI is InChI=1S/C15H24N2O2S/c1-12(16-2)13-8-10-17(11-9-13)14-6-4-5-7-15(14)20(3,18)19/h4-7,12-13,16H,8-11H2,1-3H3. The summed E-state index contributed by atoms with van der Waals surface area (Å²) >= 11 is 0. The molecule has 0 radical (unpaired) electrons. The molecule has 0 amide bonds. The van der Waals surface area contributed by atoms with E-state index in [1.54, 1.807) is 12.1 Å². The van der Waals surface area contributed by atoms with Crippen LogP contribution in [0.5, 0.6) is 0 Å². The predicted octanol–water partition coefficient (Wildman–Crippen LogP) is 1.91. The third kappa shape index (κ3) is 3.33. The molecule has 1 unspecified atom stereocenters. The lowest BCUT2D eigenvalue weighted by atomic mass is 9.90. The van der Waals surface area contributed by atoms with Gasteiger partial charge in [0.15, 0.2) is 9.84 Å². The lowest BCUT2D eigenvalue weighted by Gasteiger charge is -2.36. The molecule has 0 bridgehead atoms. The molecule has 1 saturated heterocycles. The molecule has 1 aromatic carbocycles. The average molecular weight is 296 g/mol. The molecule has 2 rings (SSSR count). The van der Waals surface area contributed by atoms with Crippen LogP contribution in [-0.4, -0.2) is 40.9 Å². The van der Waals surface area contributed by atoms with Gasteiger partial charge >= 0.3 is 0 Å². The number of rotatable bonds is 4. The molecular formula is C15H24N2O2S. The van der Waals surface area contributed by atoms with Gasteiger partial charge in [-0.15, -0.1) is 0 Å². The number of benzene rings is 1. The Morgan fingerprint density at radius 2 is 1.85 bits per heavy atom.